The van der Waals surface area contributed by atoms with Crippen LogP contribution in [-0.4, -0.2) is 50.4 Å². The molecule has 6 unspecified atom stereocenters. The Labute approximate surface area is 236 Å². The van der Waals surface area contributed by atoms with E-state index in [2.05, 4.69) is 0 Å². The van der Waals surface area contributed by atoms with Gasteiger partial charge < -0.3 is 5.11 Å². The Hall–Kier alpha value is -3.16. The van der Waals surface area contributed by atoms with E-state index < -0.39 is 45.2 Å². The van der Waals surface area contributed by atoms with E-state index in [0.717, 1.165) is 22.5 Å². The number of nitrogens with zero attached hydrogens (tertiary/aromatic N) is 2. The molecule has 2 heterocycles. The van der Waals surface area contributed by atoms with E-state index in [0.29, 0.717) is 23.2 Å². The first kappa shape index (κ1) is 26.1. The van der Waals surface area contributed by atoms with Gasteiger partial charge in [0, 0.05) is 13.0 Å². The number of anilines is 1. The van der Waals surface area contributed by atoms with Crippen molar-refractivity contribution < 1.29 is 24.3 Å². The molecular formula is C30H28Cl2N2O5. The number of fused-ring (bicyclic) bond motifs is 4. The second-order valence-electron chi connectivity index (χ2n) is 11.1. The molecule has 2 aromatic rings. The van der Waals surface area contributed by atoms with Gasteiger partial charge in [-0.2, -0.15) is 0 Å². The van der Waals surface area contributed by atoms with Gasteiger partial charge >= 0.3 is 0 Å². The van der Waals surface area contributed by atoms with Gasteiger partial charge in [-0.25, -0.2) is 0 Å². The topological polar surface area (TPSA) is 95.0 Å². The van der Waals surface area contributed by atoms with E-state index in [-0.39, 0.29) is 24.0 Å². The van der Waals surface area contributed by atoms with Crippen molar-refractivity contribution >= 4 is 52.5 Å². The Morgan fingerprint density at radius 2 is 1.67 bits per heavy atom. The molecule has 4 aliphatic rings. The molecule has 2 aliphatic carbocycles. The number of likely N-dealkylation sites (tertiary alicyclic amines) is 1. The number of phenols is 1. The van der Waals surface area contributed by atoms with Crippen molar-refractivity contribution in [1.82, 2.24) is 4.90 Å². The molecule has 1 saturated carbocycles. The third-order valence-corrected chi connectivity index (χ3v) is 10.6. The number of hydrogen-bond donors (Lipinski definition) is 1. The molecule has 0 spiro atoms. The smallest absolute Gasteiger partial charge is 0.253 e. The lowest BCUT2D eigenvalue weighted by atomic mass is 9.56. The minimum absolute atomic E-state index is 0.0465. The summed E-state index contributed by atoms with van der Waals surface area (Å²) in [7, 11) is 1.36. The van der Waals surface area contributed by atoms with Crippen LogP contribution in [0.5, 0.6) is 5.75 Å². The van der Waals surface area contributed by atoms with Gasteiger partial charge in [0.1, 0.15) is 5.75 Å². The number of aryl methyl sites for hydroxylation is 2. The second kappa shape index (κ2) is 8.67. The zero-order chi connectivity index (χ0) is 28.0. The Bertz CT molecular complexity index is 1490. The average molecular weight is 567 g/mol. The molecule has 0 aromatic heterocycles. The van der Waals surface area contributed by atoms with Crippen LogP contribution in [-0.2, 0) is 25.6 Å². The van der Waals surface area contributed by atoms with Crippen molar-refractivity contribution in [3.05, 3.63) is 70.8 Å². The summed E-state index contributed by atoms with van der Waals surface area (Å²) in [6.45, 7) is 3.76. The first-order valence-corrected chi connectivity index (χ1v) is 13.9. The highest BCUT2D eigenvalue weighted by Crippen LogP contribution is 2.65. The predicted octanol–water partition coefficient (Wildman–Crippen LogP) is 4.46. The molecule has 202 valence electrons. The lowest BCUT2D eigenvalue weighted by Crippen LogP contribution is -2.60. The van der Waals surface area contributed by atoms with Gasteiger partial charge in [0.15, 0.2) is 9.75 Å². The van der Waals surface area contributed by atoms with Gasteiger partial charge in [-0.1, -0.05) is 42.8 Å². The van der Waals surface area contributed by atoms with Crippen LogP contribution in [0.3, 0.4) is 0 Å². The van der Waals surface area contributed by atoms with Crippen LogP contribution >= 0.6 is 23.2 Å². The van der Waals surface area contributed by atoms with Gasteiger partial charge in [-0.05, 0) is 67.0 Å². The number of imide groups is 2. The quantitative estimate of drug-likeness (QED) is 0.336. The van der Waals surface area contributed by atoms with Crippen molar-refractivity contribution in [3.63, 3.8) is 0 Å². The largest absolute Gasteiger partial charge is 0.508 e. The molecular weight excluding hydrogens is 539 g/mol. The number of carbonyl (C=O) groups is 4. The number of aromatic hydroxyl groups is 1. The normalized spacial score (nSPS) is 33.7. The molecule has 6 atom stereocenters. The summed E-state index contributed by atoms with van der Waals surface area (Å²) < 4.78 is 0. The summed E-state index contributed by atoms with van der Waals surface area (Å²) in [6.07, 6.45) is 3.00. The zero-order valence-corrected chi connectivity index (χ0v) is 23.3. The summed E-state index contributed by atoms with van der Waals surface area (Å²) in [5, 5.41) is 10.2. The van der Waals surface area contributed by atoms with Crippen LogP contribution < -0.4 is 4.90 Å². The maximum atomic E-state index is 14.0. The molecule has 2 saturated heterocycles. The molecule has 0 radical (unpaired) electrons. The number of allylic oxidation sites excluding steroid dienone is 2. The van der Waals surface area contributed by atoms with Gasteiger partial charge in [-0.15, -0.1) is 23.2 Å². The highest BCUT2D eigenvalue weighted by molar-refractivity contribution is 6.53. The maximum absolute atomic E-state index is 14.0. The lowest BCUT2D eigenvalue weighted by Gasteiger charge is -2.50. The van der Waals surface area contributed by atoms with Gasteiger partial charge in [0.05, 0.1) is 17.5 Å². The number of hydrogen-bond acceptors (Lipinski definition) is 5. The zero-order valence-electron chi connectivity index (χ0n) is 21.8. The molecule has 39 heavy (non-hydrogen) atoms. The fourth-order valence-electron chi connectivity index (χ4n) is 7.11. The number of amides is 4. The average Bonchev–Trinajstić information content (AvgIpc) is 3.25. The molecule has 7 nitrogen and oxygen atoms in total. The number of alkyl halides is 2. The Morgan fingerprint density at radius 1 is 0.974 bits per heavy atom. The van der Waals surface area contributed by atoms with Crippen LogP contribution in [0.4, 0.5) is 5.69 Å². The van der Waals surface area contributed by atoms with Crippen LogP contribution in [0.15, 0.2) is 54.1 Å². The van der Waals surface area contributed by atoms with Crippen LogP contribution in [0.25, 0.3) is 0 Å². The minimum Gasteiger partial charge on any atom is -0.508 e. The third-order valence-electron chi connectivity index (χ3n) is 9.17. The molecule has 4 amide bonds. The molecule has 3 fully saturated rings. The summed E-state index contributed by atoms with van der Waals surface area (Å²) in [6, 6.07) is 12.3. The monoisotopic (exact) mass is 566 g/mol. The number of rotatable bonds is 3. The van der Waals surface area contributed by atoms with Crippen molar-refractivity contribution in [2.75, 3.05) is 11.9 Å². The first-order chi connectivity index (χ1) is 18.5. The van der Waals surface area contributed by atoms with Crippen molar-refractivity contribution in [2.24, 2.45) is 17.8 Å². The highest BCUT2D eigenvalue weighted by Gasteiger charge is 2.75. The fourth-order valence-corrected chi connectivity index (χ4v) is 8.13. The standard InChI is InChI=1S/C30H28Cl2N2O5/c1-4-16-5-8-18(9-6-16)34-25(36)20-11-10-19-21(23(20)26(34)37)14-29(31)27(38)33(3)28(39)30(29,32)24(19)17-7-12-22(35)15(2)13-17/h5-10,12-13,20-21,23-24,35H,4,11,14H2,1-3H3. The van der Waals surface area contributed by atoms with Crippen LogP contribution in [0, 0.1) is 24.7 Å². The summed E-state index contributed by atoms with van der Waals surface area (Å²) in [5.74, 6) is -4.51. The van der Waals surface area contributed by atoms with E-state index in [1.54, 1.807) is 31.2 Å². The number of phenolic OH excluding ortho intramolecular Hbond substituents is 1. The van der Waals surface area contributed by atoms with Crippen LogP contribution in [0.2, 0.25) is 0 Å². The van der Waals surface area contributed by atoms with E-state index in [1.165, 1.54) is 18.0 Å². The molecule has 2 aliphatic heterocycles. The maximum Gasteiger partial charge on any atom is 0.253 e. The Balaban J connectivity index is 1.49. The SMILES string of the molecule is CCc1ccc(N2C(=O)C3CC=C4C(CC5(Cl)C(=O)N(C)C(=O)C5(Cl)C4c4ccc(O)c(C)c4)C3C2=O)cc1. The highest BCUT2D eigenvalue weighted by atomic mass is 35.5. The van der Waals surface area contributed by atoms with E-state index in [1.807, 2.05) is 25.1 Å². The van der Waals surface area contributed by atoms with Gasteiger partial charge in [-0.3, -0.25) is 29.0 Å². The van der Waals surface area contributed by atoms with Crippen molar-refractivity contribution in [1.29, 1.82) is 0 Å². The van der Waals surface area contributed by atoms with Crippen molar-refractivity contribution in [3.8, 4) is 5.75 Å². The molecule has 6 rings (SSSR count). The Morgan fingerprint density at radius 3 is 2.31 bits per heavy atom. The molecule has 9 heteroatoms. The second-order valence-corrected chi connectivity index (χ2v) is 12.3. The predicted molar refractivity (Wildman–Crippen MR) is 147 cm³/mol. The van der Waals surface area contributed by atoms with Crippen LogP contribution in [0.1, 0.15) is 42.4 Å². The van der Waals surface area contributed by atoms with Gasteiger partial charge in [0.2, 0.25) is 11.8 Å². The summed E-state index contributed by atoms with van der Waals surface area (Å²) in [4.78, 5) is 53.3. The van der Waals surface area contributed by atoms with E-state index >= 15 is 0 Å². The Kier molecular flexibility index (Phi) is 5.80. The molecule has 0 bridgehead atoms. The summed E-state index contributed by atoms with van der Waals surface area (Å²) in [5.41, 5.74) is 3.52. The molecule has 2 aromatic carbocycles. The summed E-state index contributed by atoms with van der Waals surface area (Å²) >= 11 is 14.3. The van der Waals surface area contributed by atoms with E-state index in [9.17, 15) is 24.3 Å². The number of carbonyl (C=O) groups excluding carboxylic acids is 4. The molecule has 1 N–H and O–H groups in total. The van der Waals surface area contributed by atoms with E-state index in [4.69, 9.17) is 23.2 Å². The number of halogens is 2. The van der Waals surface area contributed by atoms with Crippen molar-refractivity contribution in [2.45, 2.75) is 48.8 Å². The first-order valence-electron chi connectivity index (χ1n) is 13.1. The van der Waals surface area contributed by atoms with Gasteiger partial charge in [0.25, 0.3) is 11.8 Å². The fraction of sp³-hybridized carbons (Fsp3) is 0.400. The third kappa shape index (κ3) is 3.29. The minimum atomic E-state index is -1.83. The lowest BCUT2D eigenvalue weighted by molar-refractivity contribution is -0.138. The number of benzene rings is 2.